The van der Waals surface area contributed by atoms with Crippen LogP contribution in [0.2, 0.25) is 0 Å². The van der Waals surface area contributed by atoms with Gasteiger partial charge < -0.3 is 14.8 Å². The second-order valence-corrected chi connectivity index (χ2v) is 5.89. The number of carbonyl (C=O) groups excluding carboxylic acids is 2. The summed E-state index contributed by atoms with van der Waals surface area (Å²) in [4.78, 5) is 23.6. The second-order valence-electron chi connectivity index (χ2n) is 5.89. The van der Waals surface area contributed by atoms with E-state index in [2.05, 4.69) is 5.32 Å². The minimum Gasteiger partial charge on any atom is -0.493 e. The molecule has 0 aliphatic carbocycles. The first-order chi connectivity index (χ1) is 12.0. The fraction of sp³-hybridized carbons (Fsp3) is 0.300. The molecule has 0 aliphatic rings. The lowest BCUT2D eigenvalue weighted by Gasteiger charge is -2.10. The summed E-state index contributed by atoms with van der Waals surface area (Å²) in [6, 6.07) is 13.3. The minimum absolute atomic E-state index is 0.0885. The van der Waals surface area contributed by atoms with Crippen LogP contribution in [-0.4, -0.2) is 25.1 Å². The molecule has 2 rings (SSSR count). The average molecular weight is 341 g/mol. The Morgan fingerprint density at radius 3 is 2.48 bits per heavy atom. The van der Waals surface area contributed by atoms with Gasteiger partial charge in [0.05, 0.1) is 13.0 Å². The highest BCUT2D eigenvalue weighted by atomic mass is 16.5. The topological polar surface area (TPSA) is 64.6 Å². The van der Waals surface area contributed by atoms with Crippen LogP contribution in [0.5, 0.6) is 5.75 Å². The van der Waals surface area contributed by atoms with E-state index in [1.807, 2.05) is 63.2 Å². The molecule has 5 heteroatoms. The summed E-state index contributed by atoms with van der Waals surface area (Å²) in [6.07, 6.45) is 0.0885. The summed E-state index contributed by atoms with van der Waals surface area (Å²) in [7, 11) is 0. The van der Waals surface area contributed by atoms with Crippen molar-refractivity contribution in [2.24, 2.45) is 0 Å². The van der Waals surface area contributed by atoms with E-state index in [1.54, 1.807) is 0 Å². The molecular weight excluding hydrogens is 318 g/mol. The van der Waals surface area contributed by atoms with Gasteiger partial charge in [0.15, 0.2) is 6.61 Å². The van der Waals surface area contributed by atoms with Gasteiger partial charge in [-0.2, -0.15) is 0 Å². The van der Waals surface area contributed by atoms with Crippen molar-refractivity contribution >= 4 is 17.6 Å². The Balaban J connectivity index is 1.70. The maximum Gasteiger partial charge on any atom is 0.309 e. The number of anilines is 1. The van der Waals surface area contributed by atoms with Crippen molar-refractivity contribution in [2.45, 2.75) is 27.2 Å². The van der Waals surface area contributed by atoms with E-state index < -0.39 is 5.97 Å². The van der Waals surface area contributed by atoms with E-state index >= 15 is 0 Å². The lowest BCUT2D eigenvalue weighted by molar-refractivity contribution is -0.147. The van der Waals surface area contributed by atoms with Crippen LogP contribution < -0.4 is 10.1 Å². The largest absolute Gasteiger partial charge is 0.493 e. The molecule has 0 fully saturated rings. The second kappa shape index (κ2) is 8.87. The number of ether oxygens (including phenoxy) is 2. The van der Waals surface area contributed by atoms with Gasteiger partial charge in [-0.25, -0.2) is 0 Å². The number of para-hydroxylation sites is 1. The third-order valence-corrected chi connectivity index (χ3v) is 3.68. The molecule has 0 radical (unpaired) electrons. The highest BCUT2D eigenvalue weighted by Crippen LogP contribution is 2.17. The monoisotopic (exact) mass is 341 g/mol. The fourth-order valence-electron chi connectivity index (χ4n) is 2.32. The van der Waals surface area contributed by atoms with Crippen LogP contribution in [0.25, 0.3) is 0 Å². The summed E-state index contributed by atoms with van der Waals surface area (Å²) < 4.78 is 10.5. The van der Waals surface area contributed by atoms with E-state index in [1.165, 1.54) is 0 Å². The first-order valence-corrected chi connectivity index (χ1v) is 8.17. The van der Waals surface area contributed by atoms with Crippen molar-refractivity contribution in [3.8, 4) is 5.75 Å². The van der Waals surface area contributed by atoms with Crippen molar-refractivity contribution in [3.63, 3.8) is 0 Å². The molecule has 1 N–H and O–H groups in total. The number of rotatable bonds is 7. The Bertz CT molecular complexity index is 755. The summed E-state index contributed by atoms with van der Waals surface area (Å²) in [5, 5.41) is 2.73. The van der Waals surface area contributed by atoms with Crippen molar-refractivity contribution in [1.82, 2.24) is 0 Å². The van der Waals surface area contributed by atoms with Crippen LogP contribution in [0.4, 0.5) is 5.69 Å². The van der Waals surface area contributed by atoms with Crippen LogP contribution in [0.1, 0.15) is 23.1 Å². The molecule has 1 amide bonds. The van der Waals surface area contributed by atoms with Crippen molar-refractivity contribution < 1.29 is 19.1 Å². The van der Waals surface area contributed by atoms with Gasteiger partial charge in [-0.05, 0) is 44.0 Å². The molecule has 2 aromatic carbocycles. The first-order valence-electron chi connectivity index (χ1n) is 8.17. The highest BCUT2D eigenvalue weighted by Gasteiger charge is 2.10. The minimum atomic E-state index is -0.468. The summed E-state index contributed by atoms with van der Waals surface area (Å²) >= 11 is 0. The Morgan fingerprint density at radius 2 is 1.76 bits per heavy atom. The molecule has 0 spiro atoms. The lowest BCUT2D eigenvalue weighted by atomic mass is 10.1. The molecule has 5 nitrogen and oxygen atoms in total. The molecule has 0 aromatic heterocycles. The number of aryl methyl sites for hydroxylation is 3. The average Bonchev–Trinajstić information content (AvgIpc) is 2.57. The van der Waals surface area contributed by atoms with Gasteiger partial charge in [0.2, 0.25) is 0 Å². The third-order valence-electron chi connectivity index (χ3n) is 3.68. The molecule has 0 unspecified atom stereocenters. The van der Waals surface area contributed by atoms with E-state index in [-0.39, 0.29) is 25.5 Å². The highest BCUT2D eigenvalue weighted by molar-refractivity contribution is 5.93. The molecule has 132 valence electrons. The van der Waals surface area contributed by atoms with Gasteiger partial charge in [-0.3, -0.25) is 9.59 Å². The number of esters is 1. The molecule has 0 heterocycles. The number of hydrogen-bond acceptors (Lipinski definition) is 4. The number of hydrogen-bond donors (Lipinski definition) is 1. The zero-order chi connectivity index (χ0) is 18.2. The normalized spacial score (nSPS) is 10.2. The Kier molecular flexibility index (Phi) is 6.57. The Hall–Kier alpha value is -2.82. The molecule has 0 aliphatic heterocycles. The quantitative estimate of drug-likeness (QED) is 0.782. The van der Waals surface area contributed by atoms with Gasteiger partial charge in [-0.15, -0.1) is 0 Å². The predicted molar refractivity (Wildman–Crippen MR) is 96.8 cm³/mol. The molecule has 0 bridgehead atoms. The van der Waals surface area contributed by atoms with Crippen LogP contribution in [0.3, 0.4) is 0 Å². The Labute approximate surface area is 148 Å². The predicted octanol–water partition coefficient (Wildman–Crippen LogP) is 3.56. The number of benzene rings is 2. The standard InChI is InChI=1S/C20H23NO4/c1-14-8-9-17(16(3)12-14)21-19(22)13-25-20(23)10-11-24-18-7-5-4-6-15(18)2/h4-9,12H,10-11,13H2,1-3H3,(H,21,22). The zero-order valence-corrected chi connectivity index (χ0v) is 14.8. The smallest absolute Gasteiger partial charge is 0.309 e. The molecule has 0 saturated carbocycles. The number of nitrogens with one attached hydrogen (secondary N) is 1. The van der Waals surface area contributed by atoms with Gasteiger partial charge in [0, 0.05) is 5.69 Å². The summed E-state index contributed by atoms with van der Waals surface area (Å²) in [5.41, 5.74) is 3.81. The molecule has 2 aromatic rings. The van der Waals surface area contributed by atoms with Gasteiger partial charge in [0.25, 0.3) is 5.91 Å². The number of carbonyl (C=O) groups is 2. The van der Waals surface area contributed by atoms with E-state index in [4.69, 9.17) is 9.47 Å². The number of amides is 1. The van der Waals surface area contributed by atoms with Gasteiger partial charge in [-0.1, -0.05) is 35.9 Å². The first kappa shape index (κ1) is 18.5. The van der Waals surface area contributed by atoms with E-state index in [9.17, 15) is 9.59 Å². The summed E-state index contributed by atoms with van der Waals surface area (Å²) in [5.74, 6) is -0.0904. The van der Waals surface area contributed by atoms with Crippen molar-refractivity contribution in [2.75, 3.05) is 18.5 Å². The molecule has 0 atom stereocenters. The Morgan fingerprint density at radius 1 is 1.00 bits per heavy atom. The van der Waals surface area contributed by atoms with Crippen molar-refractivity contribution in [3.05, 3.63) is 59.2 Å². The summed E-state index contributed by atoms with van der Waals surface area (Å²) in [6.45, 7) is 5.74. The SMILES string of the molecule is Cc1ccc(NC(=O)COC(=O)CCOc2ccccc2C)c(C)c1. The van der Waals surface area contributed by atoms with E-state index in [0.717, 1.165) is 28.1 Å². The maximum atomic E-state index is 11.9. The van der Waals surface area contributed by atoms with Crippen LogP contribution in [0.15, 0.2) is 42.5 Å². The fourth-order valence-corrected chi connectivity index (χ4v) is 2.32. The van der Waals surface area contributed by atoms with Crippen LogP contribution >= 0.6 is 0 Å². The molecule has 0 saturated heterocycles. The van der Waals surface area contributed by atoms with E-state index in [0.29, 0.717) is 0 Å². The van der Waals surface area contributed by atoms with Crippen molar-refractivity contribution in [1.29, 1.82) is 0 Å². The molecular formula is C20H23NO4. The molecule has 25 heavy (non-hydrogen) atoms. The van der Waals surface area contributed by atoms with Crippen LogP contribution in [0, 0.1) is 20.8 Å². The third kappa shape index (κ3) is 5.95. The zero-order valence-electron chi connectivity index (χ0n) is 14.8. The van der Waals surface area contributed by atoms with Gasteiger partial charge in [0.1, 0.15) is 5.75 Å². The maximum absolute atomic E-state index is 11.9. The lowest BCUT2D eigenvalue weighted by Crippen LogP contribution is -2.22. The van der Waals surface area contributed by atoms with Gasteiger partial charge >= 0.3 is 5.97 Å². The van der Waals surface area contributed by atoms with Crippen LogP contribution in [-0.2, 0) is 14.3 Å².